The lowest BCUT2D eigenvalue weighted by atomic mass is 10.0. The summed E-state index contributed by atoms with van der Waals surface area (Å²) in [6.07, 6.45) is 3.35. The van der Waals surface area contributed by atoms with Gasteiger partial charge in [-0.25, -0.2) is 0 Å². The van der Waals surface area contributed by atoms with Crippen LogP contribution >= 0.6 is 0 Å². The first-order valence-corrected chi connectivity index (χ1v) is 8.39. The molecule has 0 radical (unpaired) electrons. The van der Waals surface area contributed by atoms with E-state index in [0.717, 1.165) is 42.9 Å². The van der Waals surface area contributed by atoms with E-state index < -0.39 is 0 Å². The molecule has 0 unspecified atom stereocenters. The van der Waals surface area contributed by atoms with Crippen LogP contribution in [0.25, 0.3) is 0 Å². The van der Waals surface area contributed by atoms with Crippen molar-refractivity contribution in [2.75, 3.05) is 20.3 Å². The highest BCUT2D eigenvalue weighted by atomic mass is 16.5. The number of hydrogen-bond donors (Lipinski definition) is 1. The van der Waals surface area contributed by atoms with Crippen LogP contribution in [0, 0.1) is 0 Å². The molecule has 0 aromatic heterocycles. The first-order valence-electron chi connectivity index (χ1n) is 8.39. The standard InChI is InChI=1S/C20H23NO3/c1-23-18-6-2-4-16(13-18)14-20(22)21-10-9-15-7-8-19-17(12-15)5-3-11-24-19/h2,4,6-8,12-13H,3,5,9-11,14H2,1H3,(H,21,22). The molecule has 0 aliphatic carbocycles. The van der Waals surface area contributed by atoms with Crippen LogP contribution in [-0.2, 0) is 24.1 Å². The molecule has 0 fully saturated rings. The van der Waals surface area contributed by atoms with Crippen LogP contribution in [-0.4, -0.2) is 26.2 Å². The van der Waals surface area contributed by atoms with E-state index in [0.29, 0.717) is 13.0 Å². The third-order valence-electron chi connectivity index (χ3n) is 4.21. The molecular formula is C20H23NO3. The van der Waals surface area contributed by atoms with Crippen LogP contribution in [0.3, 0.4) is 0 Å². The Morgan fingerprint density at radius 1 is 1.21 bits per heavy atom. The number of methoxy groups -OCH3 is 1. The van der Waals surface area contributed by atoms with Gasteiger partial charge >= 0.3 is 0 Å². The summed E-state index contributed by atoms with van der Waals surface area (Å²) in [7, 11) is 1.63. The molecule has 0 spiro atoms. The van der Waals surface area contributed by atoms with Gasteiger partial charge in [-0.2, -0.15) is 0 Å². The quantitative estimate of drug-likeness (QED) is 0.888. The lowest BCUT2D eigenvalue weighted by Crippen LogP contribution is -2.27. The fourth-order valence-electron chi connectivity index (χ4n) is 2.95. The molecule has 4 heteroatoms. The molecule has 126 valence electrons. The molecule has 1 aliphatic heterocycles. The molecule has 1 amide bonds. The van der Waals surface area contributed by atoms with Gasteiger partial charge in [-0.1, -0.05) is 24.3 Å². The minimum atomic E-state index is 0.0320. The van der Waals surface area contributed by atoms with Crippen molar-refractivity contribution in [1.29, 1.82) is 0 Å². The van der Waals surface area contributed by atoms with Crippen molar-refractivity contribution in [3.63, 3.8) is 0 Å². The summed E-state index contributed by atoms with van der Waals surface area (Å²) in [5, 5.41) is 2.99. The molecule has 0 saturated heterocycles. The Balaban J connectivity index is 1.48. The lowest BCUT2D eigenvalue weighted by molar-refractivity contribution is -0.120. The van der Waals surface area contributed by atoms with Crippen molar-refractivity contribution in [2.45, 2.75) is 25.7 Å². The minimum Gasteiger partial charge on any atom is -0.497 e. The second-order valence-corrected chi connectivity index (χ2v) is 6.02. The normalized spacial score (nSPS) is 12.9. The third-order valence-corrected chi connectivity index (χ3v) is 4.21. The molecule has 1 aliphatic rings. The summed E-state index contributed by atoms with van der Waals surface area (Å²) in [4.78, 5) is 12.1. The van der Waals surface area contributed by atoms with Crippen molar-refractivity contribution >= 4 is 5.91 Å². The zero-order valence-electron chi connectivity index (χ0n) is 14.0. The van der Waals surface area contributed by atoms with Crippen LogP contribution in [0.4, 0.5) is 0 Å². The number of aryl methyl sites for hydroxylation is 1. The summed E-state index contributed by atoms with van der Waals surface area (Å²) in [6, 6.07) is 13.9. The molecule has 1 heterocycles. The molecule has 4 nitrogen and oxygen atoms in total. The number of rotatable bonds is 6. The SMILES string of the molecule is COc1cccc(CC(=O)NCCc2ccc3c(c2)CCCO3)c1. The zero-order chi connectivity index (χ0) is 16.8. The van der Waals surface area contributed by atoms with E-state index in [-0.39, 0.29) is 5.91 Å². The van der Waals surface area contributed by atoms with Crippen molar-refractivity contribution in [3.8, 4) is 11.5 Å². The number of hydrogen-bond acceptors (Lipinski definition) is 3. The van der Waals surface area contributed by atoms with Gasteiger partial charge in [-0.15, -0.1) is 0 Å². The van der Waals surface area contributed by atoms with Crippen LogP contribution in [0.2, 0.25) is 0 Å². The Hall–Kier alpha value is -2.49. The largest absolute Gasteiger partial charge is 0.497 e. The van der Waals surface area contributed by atoms with Gasteiger partial charge in [0.05, 0.1) is 20.1 Å². The number of amides is 1. The summed E-state index contributed by atoms with van der Waals surface area (Å²) in [5.41, 5.74) is 3.47. The maximum absolute atomic E-state index is 12.1. The topological polar surface area (TPSA) is 47.6 Å². The summed E-state index contributed by atoms with van der Waals surface area (Å²) in [5.74, 6) is 1.81. The highest BCUT2D eigenvalue weighted by Gasteiger charge is 2.10. The van der Waals surface area contributed by atoms with Gasteiger partial charge in [0.2, 0.25) is 5.91 Å². The predicted molar refractivity (Wildman–Crippen MR) is 93.7 cm³/mol. The van der Waals surface area contributed by atoms with Crippen LogP contribution in [0.1, 0.15) is 23.1 Å². The molecule has 24 heavy (non-hydrogen) atoms. The van der Waals surface area contributed by atoms with Crippen molar-refractivity contribution in [2.24, 2.45) is 0 Å². The van der Waals surface area contributed by atoms with Crippen molar-refractivity contribution < 1.29 is 14.3 Å². The second-order valence-electron chi connectivity index (χ2n) is 6.02. The summed E-state index contributed by atoms with van der Waals surface area (Å²) >= 11 is 0. The smallest absolute Gasteiger partial charge is 0.224 e. The predicted octanol–water partition coefficient (Wildman–Crippen LogP) is 2.92. The lowest BCUT2D eigenvalue weighted by Gasteiger charge is -2.18. The molecule has 0 atom stereocenters. The number of carbonyl (C=O) groups is 1. The van der Waals surface area contributed by atoms with Gasteiger partial charge < -0.3 is 14.8 Å². The molecule has 0 bridgehead atoms. The van der Waals surface area contributed by atoms with Crippen LogP contribution in [0.5, 0.6) is 11.5 Å². The van der Waals surface area contributed by atoms with Crippen LogP contribution < -0.4 is 14.8 Å². The number of nitrogens with one attached hydrogen (secondary N) is 1. The fourth-order valence-corrected chi connectivity index (χ4v) is 2.95. The molecule has 2 aromatic carbocycles. The van der Waals surface area contributed by atoms with Crippen molar-refractivity contribution in [1.82, 2.24) is 5.32 Å². The van der Waals surface area contributed by atoms with E-state index in [2.05, 4.69) is 17.4 Å². The van der Waals surface area contributed by atoms with Gasteiger partial charge in [-0.05, 0) is 54.2 Å². The van der Waals surface area contributed by atoms with Crippen LogP contribution in [0.15, 0.2) is 42.5 Å². The number of ether oxygens (including phenoxy) is 2. The minimum absolute atomic E-state index is 0.0320. The number of fused-ring (bicyclic) bond motifs is 1. The van der Waals surface area contributed by atoms with Gasteiger partial charge in [0.25, 0.3) is 0 Å². The van der Waals surface area contributed by atoms with Crippen molar-refractivity contribution in [3.05, 3.63) is 59.2 Å². The number of carbonyl (C=O) groups excluding carboxylic acids is 1. The highest BCUT2D eigenvalue weighted by molar-refractivity contribution is 5.78. The summed E-state index contributed by atoms with van der Waals surface area (Å²) in [6.45, 7) is 1.45. The molecule has 3 rings (SSSR count). The molecular weight excluding hydrogens is 302 g/mol. The first kappa shape index (κ1) is 16.4. The Kier molecular flexibility index (Phi) is 5.36. The first-order chi connectivity index (χ1) is 11.7. The summed E-state index contributed by atoms with van der Waals surface area (Å²) < 4.78 is 10.8. The Morgan fingerprint density at radius 3 is 3.00 bits per heavy atom. The van der Waals surface area contributed by atoms with E-state index in [9.17, 15) is 4.79 Å². The molecule has 0 saturated carbocycles. The second kappa shape index (κ2) is 7.86. The maximum atomic E-state index is 12.1. The van der Waals surface area contributed by atoms with Gasteiger partial charge in [0.15, 0.2) is 0 Å². The Labute approximate surface area is 142 Å². The maximum Gasteiger partial charge on any atom is 0.224 e. The highest BCUT2D eigenvalue weighted by Crippen LogP contribution is 2.25. The third kappa shape index (κ3) is 4.28. The number of benzene rings is 2. The average molecular weight is 325 g/mol. The Bertz CT molecular complexity index is 712. The van der Waals surface area contributed by atoms with E-state index in [1.165, 1.54) is 11.1 Å². The van der Waals surface area contributed by atoms with Gasteiger partial charge in [0, 0.05) is 6.54 Å². The van der Waals surface area contributed by atoms with Gasteiger partial charge in [-0.3, -0.25) is 4.79 Å². The van der Waals surface area contributed by atoms with E-state index in [1.807, 2.05) is 30.3 Å². The molecule has 1 N–H and O–H groups in total. The zero-order valence-corrected chi connectivity index (χ0v) is 14.0. The van der Waals surface area contributed by atoms with Gasteiger partial charge in [0.1, 0.15) is 11.5 Å². The average Bonchev–Trinajstić information content (AvgIpc) is 2.62. The van der Waals surface area contributed by atoms with E-state index >= 15 is 0 Å². The van der Waals surface area contributed by atoms with E-state index in [4.69, 9.17) is 9.47 Å². The fraction of sp³-hybridized carbons (Fsp3) is 0.350. The molecule has 2 aromatic rings. The Morgan fingerprint density at radius 2 is 2.12 bits per heavy atom. The monoisotopic (exact) mass is 325 g/mol. The van der Waals surface area contributed by atoms with E-state index in [1.54, 1.807) is 7.11 Å².